The van der Waals surface area contributed by atoms with E-state index in [2.05, 4.69) is 37.6 Å². The maximum absolute atomic E-state index is 11.5. The van der Waals surface area contributed by atoms with Gasteiger partial charge in [-0.2, -0.15) is 0 Å². The average Bonchev–Trinajstić information content (AvgIpc) is 2.85. The van der Waals surface area contributed by atoms with E-state index in [0.717, 1.165) is 48.9 Å². The zero-order chi connectivity index (χ0) is 23.9. The van der Waals surface area contributed by atoms with Gasteiger partial charge in [0.15, 0.2) is 0 Å². The van der Waals surface area contributed by atoms with Gasteiger partial charge in [0.05, 0.1) is 25.3 Å². The summed E-state index contributed by atoms with van der Waals surface area (Å²) in [6.45, 7) is 3.27. The van der Waals surface area contributed by atoms with Gasteiger partial charge in [-0.15, -0.1) is 0 Å². The molecule has 0 saturated carbocycles. The molecule has 0 unspecified atom stereocenters. The van der Waals surface area contributed by atoms with Crippen LogP contribution in [0.15, 0.2) is 60.8 Å². The number of hydrogen-bond acceptors (Lipinski definition) is 8. The van der Waals surface area contributed by atoms with Crippen LogP contribution in [0.3, 0.4) is 0 Å². The van der Waals surface area contributed by atoms with Crippen LogP contribution in [-0.4, -0.2) is 54.1 Å². The van der Waals surface area contributed by atoms with Gasteiger partial charge in [0.1, 0.15) is 6.04 Å². The molecule has 1 saturated heterocycles. The Morgan fingerprint density at radius 2 is 1.65 bits per heavy atom. The number of primary amides is 2. The lowest BCUT2D eigenvalue weighted by Crippen LogP contribution is -2.38. The second-order valence-corrected chi connectivity index (χ2v) is 7.88. The maximum Gasteiger partial charge on any atom is 0.240 e. The van der Waals surface area contributed by atoms with Crippen LogP contribution in [0.5, 0.6) is 0 Å². The third-order valence-corrected chi connectivity index (χ3v) is 5.43. The van der Waals surface area contributed by atoms with Gasteiger partial charge in [0, 0.05) is 41.9 Å². The van der Waals surface area contributed by atoms with Crippen molar-refractivity contribution in [1.82, 2.24) is 9.97 Å². The largest absolute Gasteiger partial charge is 0.378 e. The molecule has 34 heavy (non-hydrogen) atoms. The van der Waals surface area contributed by atoms with Gasteiger partial charge in [-0.05, 0) is 42.5 Å². The number of aromatic nitrogens is 2. The molecule has 1 atom stereocenters. The molecule has 2 aromatic carbocycles. The molecule has 2 amide bonds. The molecule has 0 bridgehead atoms. The van der Waals surface area contributed by atoms with Crippen molar-refractivity contribution in [2.75, 3.05) is 41.8 Å². The Balaban J connectivity index is 1.42. The highest BCUT2D eigenvalue weighted by atomic mass is 16.5. The molecule has 1 aliphatic heterocycles. The van der Waals surface area contributed by atoms with Crippen LogP contribution in [0.25, 0.3) is 11.3 Å². The number of morpholine rings is 1. The predicted molar refractivity (Wildman–Crippen MR) is 131 cm³/mol. The van der Waals surface area contributed by atoms with E-state index in [-0.39, 0.29) is 6.42 Å². The summed E-state index contributed by atoms with van der Waals surface area (Å²) < 4.78 is 5.41. The maximum atomic E-state index is 11.5. The number of nitrogens with two attached hydrogens (primary N) is 2. The summed E-state index contributed by atoms with van der Waals surface area (Å²) in [6.07, 6.45) is 1.51. The lowest BCUT2D eigenvalue weighted by Gasteiger charge is -2.28. The lowest BCUT2D eigenvalue weighted by molar-refractivity contribution is -0.123. The molecule has 4 rings (SSSR count). The van der Waals surface area contributed by atoms with Crippen molar-refractivity contribution in [2.45, 2.75) is 12.5 Å². The fourth-order valence-corrected chi connectivity index (χ4v) is 3.65. The number of amides is 2. The highest BCUT2D eigenvalue weighted by Gasteiger charge is 2.17. The summed E-state index contributed by atoms with van der Waals surface area (Å²) in [6, 6.07) is 16.4. The summed E-state index contributed by atoms with van der Waals surface area (Å²) in [5.41, 5.74) is 14.8. The average molecular weight is 462 g/mol. The number of hydrogen-bond donors (Lipinski definition) is 4. The molecule has 1 fully saturated rings. The van der Waals surface area contributed by atoms with Crippen LogP contribution < -0.4 is 27.0 Å². The molecule has 1 aromatic heterocycles. The smallest absolute Gasteiger partial charge is 0.240 e. The van der Waals surface area contributed by atoms with Crippen molar-refractivity contribution in [3.05, 3.63) is 60.8 Å². The summed E-state index contributed by atoms with van der Waals surface area (Å²) in [5, 5.41) is 6.17. The van der Waals surface area contributed by atoms with E-state index in [1.54, 1.807) is 18.3 Å². The second-order valence-electron chi connectivity index (χ2n) is 7.88. The normalized spacial score (nSPS) is 14.3. The predicted octanol–water partition coefficient (Wildman–Crippen LogP) is 1.86. The Morgan fingerprint density at radius 1 is 0.971 bits per heavy atom. The minimum atomic E-state index is -0.868. The van der Waals surface area contributed by atoms with Crippen LogP contribution in [0.4, 0.5) is 23.0 Å². The standard InChI is InChI=1S/C24H27N7O3/c25-22(32)15-21(23(26)33)28-17-3-1-16(2-4-17)20-9-10-27-24(30-20)29-18-5-7-19(8-6-18)31-11-13-34-14-12-31/h1-10,21,28H,11-15H2,(H2,25,32)(H2,26,33)(H,27,29,30)/t21-/m1/s1. The summed E-state index contributed by atoms with van der Waals surface area (Å²) in [7, 11) is 0. The number of rotatable bonds is 9. The van der Waals surface area contributed by atoms with Crippen molar-refractivity contribution in [3.8, 4) is 11.3 Å². The number of ether oxygens (including phenoxy) is 1. The van der Waals surface area contributed by atoms with E-state index in [0.29, 0.717) is 11.6 Å². The van der Waals surface area contributed by atoms with Gasteiger partial charge >= 0.3 is 0 Å². The van der Waals surface area contributed by atoms with Gasteiger partial charge in [0.25, 0.3) is 0 Å². The van der Waals surface area contributed by atoms with Gasteiger partial charge in [-0.1, -0.05) is 12.1 Å². The van der Waals surface area contributed by atoms with E-state index >= 15 is 0 Å². The Morgan fingerprint density at radius 3 is 2.29 bits per heavy atom. The monoisotopic (exact) mass is 461 g/mol. The zero-order valence-electron chi connectivity index (χ0n) is 18.6. The number of carbonyl (C=O) groups is 2. The first kappa shape index (κ1) is 23.0. The van der Waals surface area contributed by atoms with Gasteiger partial charge in [-0.25, -0.2) is 9.97 Å². The molecule has 2 heterocycles. The first-order valence-electron chi connectivity index (χ1n) is 11.0. The third-order valence-electron chi connectivity index (χ3n) is 5.43. The van der Waals surface area contributed by atoms with Crippen LogP contribution in [0, 0.1) is 0 Å². The van der Waals surface area contributed by atoms with E-state index in [1.165, 1.54) is 0 Å². The Kier molecular flexibility index (Phi) is 7.19. The van der Waals surface area contributed by atoms with Gasteiger partial charge in [-0.3, -0.25) is 9.59 Å². The molecule has 0 aliphatic carbocycles. The topological polar surface area (TPSA) is 148 Å². The number of anilines is 4. The van der Waals surface area contributed by atoms with Crippen LogP contribution in [-0.2, 0) is 14.3 Å². The van der Waals surface area contributed by atoms with Crippen LogP contribution in [0.1, 0.15) is 6.42 Å². The van der Waals surface area contributed by atoms with Crippen LogP contribution >= 0.6 is 0 Å². The van der Waals surface area contributed by atoms with Crippen molar-refractivity contribution in [2.24, 2.45) is 11.5 Å². The van der Waals surface area contributed by atoms with E-state index in [1.807, 2.05) is 30.3 Å². The first-order valence-corrected chi connectivity index (χ1v) is 11.0. The molecule has 1 aliphatic rings. The minimum absolute atomic E-state index is 0.175. The SMILES string of the molecule is NC(=O)C[C@@H](Nc1ccc(-c2ccnc(Nc3ccc(N4CCOCC4)cc3)n2)cc1)C(N)=O. The van der Waals surface area contributed by atoms with Gasteiger partial charge < -0.3 is 31.7 Å². The van der Waals surface area contributed by atoms with Crippen LogP contribution in [0.2, 0.25) is 0 Å². The van der Waals surface area contributed by atoms with E-state index < -0.39 is 17.9 Å². The first-order chi connectivity index (χ1) is 16.5. The molecule has 0 radical (unpaired) electrons. The number of nitrogens with one attached hydrogen (secondary N) is 2. The summed E-state index contributed by atoms with van der Waals surface area (Å²) in [5.74, 6) is -0.772. The highest BCUT2D eigenvalue weighted by Crippen LogP contribution is 2.24. The molecule has 3 aromatic rings. The van der Waals surface area contributed by atoms with Crippen molar-refractivity contribution >= 4 is 34.8 Å². The Bertz CT molecular complexity index is 1130. The number of benzene rings is 2. The third kappa shape index (κ3) is 5.99. The number of carbonyl (C=O) groups excluding carboxylic acids is 2. The molecular weight excluding hydrogens is 434 g/mol. The van der Waals surface area contributed by atoms with Gasteiger partial charge in [0.2, 0.25) is 17.8 Å². The van der Waals surface area contributed by atoms with Crippen molar-refractivity contribution in [1.29, 1.82) is 0 Å². The fraction of sp³-hybridized carbons (Fsp3) is 0.250. The minimum Gasteiger partial charge on any atom is -0.378 e. The van der Waals surface area contributed by atoms with E-state index in [9.17, 15) is 9.59 Å². The Labute approximate surface area is 197 Å². The Hall–Kier alpha value is -4.18. The molecular formula is C24H27N7O3. The second kappa shape index (κ2) is 10.6. The quantitative estimate of drug-likeness (QED) is 0.377. The molecule has 6 N–H and O–H groups in total. The summed E-state index contributed by atoms with van der Waals surface area (Å²) >= 11 is 0. The number of nitrogens with zero attached hydrogens (tertiary/aromatic N) is 3. The molecule has 0 spiro atoms. The zero-order valence-corrected chi connectivity index (χ0v) is 18.6. The fourth-order valence-electron chi connectivity index (χ4n) is 3.65. The van der Waals surface area contributed by atoms with Crippen molar-refractivity contribution < 1.29 is 14.3 Å². The molecule has 10 nitrogen and oxygen atoms in total. The molecule has 10 heteroatoms. The van der Waals surface area contributed by atoms with E-state index in [4.69, 9.17) is 16.2 Å². The lowest BCUT2D eigenvalue weighted by atomic mass is 10.1. The highest BCUT2D eigenvalue weighted by molar-refractivity contribution is 5.89. The molecule has 176 valence electrons. The summed E-state index contributed by atoms with van der Waals surface area (Å²) in [4.78, 5) is 33.9. The van der Waals surface area contributed by atoms with Crippen molar-refractivity contribution in [3.63, 3.8) is 0 Å².